The zero-order valence-corrected chi connectivity index (χ0v) is 7.22. The number of hydrogen-bond acceptors (Lipinski definition) is 1. The maximum absolute atomic E-state index is 9.21. The van der Waals surface area contributed by atoms with Crippen molar-refractivity contribution in [1.82, 2.24) is 0 Å². The second-order valence-corrected chi connectivity index (χ2v) is 2.34. The molecule has 0 aliphatic carbocycles. The van der Waals surface area contributed by atoms with Gasteiger partial charge in [-0.2, -0.15) is 0 Å². The Hall–Kier alpha value is -1.36. The first kappa shape index (κ1) is 10.6. The molecule has 0 bridgehead atoms. The van der Waals surface area contributed by atoms with Crippen LogP contribution >= 0.6 is 0 Å². The Morgan fingerprint density at radius 3 is 2.67 bits per heavy atom. The molecule has 1 nitrogen and oxygen atoms in total. The summed E-state index contributed by atoms with van der Waals surface area (Å²) < 4.78 is 0. The monoisotopic (exact) mass is 160 g/mol. The lowest BCUT2D eigenvalue weighted by Crippen LogP contribution is -2.03. The normalized spacial score (nSPS) is 9.75. The Morgan fingerprint density at radius 2 is 2.08 bits per heavy atom. The molecule has 0 fully saturated rings. The fourth-order valence-electron chi connectivity index (χ4n) is 0.716. The highest BCUT2D eigenvalue weighted by Gasteiger charge is 1.97. The molecule has 1 heteroatoms. The fourth-order valence-corrected chi connectivity index (χ4v) is 0.716. The summed E-state index contributed by atoms with van der Waals surface area (Å²) in [4.78, 5) is 0. The number of hydrogen-bond donors (Lipinski definition) is 1. The van der Waals surface area contributed by atoms with Crippen molar-refractivity contribution in [1.29, 1.82) is 0 Å². The molecule has 0 amide bonds. The van der Waals surface area contributed by atoms with Crippen LogP contribution in [0.5, 0.6) is 0 Å². The van der Waals surface area contributed by atoms with E-state index in [1.807, 2.05) is 6.92 Å². The molecule has 0 radical (unpaired) electrons. The van der Waals surface area contributed by atoms with Crippen LogP contribution in [0.4, 0.5) is 0 Å². The lowest BCUT2D eigenvalue weighted by atomic mass is 10.1. The molecule has 0 aliphatic rings. The van der Waals surface area contributed by atoms with Gasteiger partial charge in [0, 0.05) is 6.42 Å². The van der Waals surface area contributed by atoms with Gasteiger partial charge in [0.25, 0.3) is 0 Å². The average molecular weight is 160 g/mol. The van der Waals surface area contributed by atoms with E-state index in [0.717, 1.165) is 12.8 Å². The SMILES string of the molecule is C#CC#CC#CC[C@@H](O)CCC. The molecule has 0 aromatic heterocycles. The molecule has 0 saturated carbocycles. The maximum atomic E-state index is 9.21. The summed E-state index contributed by atoms with van der Waals surface area (Å²) in [5.41, 5.74) is 0. The highest BCUT2D eigenvalue weighted by atomic mass is 16.3. The van der Waals surface area contributed by atoms with Gasteiger partial charge in [0.15, 0.2) is 0 Å². The molecule has 12 heavy (non-hydrogen) atoms. The van der Waals surface area contributed by atoms with E-state index in [4.69, 9.17) is 6.42 Å². The lowest BCUT2D eigenvalue weighted by Gasteiger charge is -2.01. The van der Waals surface area contributed by atoms with Crippen molar-refractivity contribution in [2.75, 3.05) is 0 Å². The maximum Gasteiger partial charge on any atom is 0.0649 e. The van der Waals surface area contributed by atoms with Crippen LogP contribution in [0.1, 0.15) is 26.2 Å². The number of aliphatic hydroxyl groups is 1. The first-order valence-electron chi connectivity index (χ1n) is 3.92. The Morgan fingerprint density at radius 1 is 1.33 bits per heavy atom. The van der Waals surface area contributed by atoms with Crippen molar-refractivity contribution < 1.29 is 5.11 Å². The third-order valence-electron chi connectivity index (χ3n) is 1.25. The molecule has 62 valence electrons. The van der Waals surface area contributed by atoms with Crippen LogP contribution in [-0.4, -0.2) is 11.2 Å². The number of aliphatic hydroxyl groups excluding tert-OH is 1. The highest BCUT2D eigenvalue weighted by Crippen LogP contribution is 1.98. The van der Waals surface area contributed by atoms with E-state index in [0.29, 0.717) is 6.42 Å². The lowest BCUT2D eigenvalue weighted by molar-refractivity contribution is 0.169. The number of terminal acetylenes is 1. The molecule has 0 spiro atoms. The van der Waals surface area contributed by atoms with Gasteiger partial charge in [-0.15, -0.1) is 6.42 Å². The largest absolute Gasteiger partial charge is 0.392 e. The number of rotatable bonds is 3. The summed E-state index contributed by atoms with van der Waals surface area (Å²) >= 11 is 0. The van der Waals surface area contributed by atoms with E-state index in [9.17, 15) is 5.11 Å². The van der Waals surface area contributed by atoms with E-state index in [1.165, 1.54) is 0 Å². The summed E-state index contributed by atoms with van der Waals surface area (Å²) in [5.74, 6) is 12.3. The van der Waals surface area contributed by atoms with E-state index in [1.54, 1.807) is 0 Å². The van der Waals surface area contributed by atoms with E-state index in [2.05, 4.69) is 29.6 Å². The van der Waals surface area contributed by atoms with Gasteiger partial charge in [-0.1, -0.05) is 19.3 Å². The molecule has 0 rings (SSSR count). The van der Waals surface area contributed by atoms with Crippen LogP contribution < -0.4 is 0 Å². The second-order valence-electron chi connectivity index (χ2n) is 2.34. The Bertz CT molecular complexity index is 261. The summed E-state index contributed by atoms with van der Waals surface area (Å²) in [7, 11) is 0. The minimum Gasteiger partial charge on any atom is -0.392 e. The first-order valence-corrected chi connectivity index (χ1v) is 3.92. The fraction of sp³-hybridized carbons (Fsp3) is 0.455. The van der Waals surface area contributed by atoms with Crippen LogP contribution in [0, 0.1) is 36.0 Å². The summed E-state index contributed by atoms with van der Waals surface area (Å²) in [5, 5.41) is 9.21. The zero-order chi connectivity index (χ0) is 9.23. The van der Waals surface area contributed by atoms with E-state index < -0.39 is 0 Å². The van der Waals surface area contributed by atoms with Gasteiger partial charge in [-0.3, -0.25) is 0 Å². The second kappa shape index (κ2) is 7.74. The topological polar surface area (TPSA) is 20.2 Å². The third kappa shape index (κ3) is 6.76. The van der Waals surface area contributed by atoms with Crippen LogP contribution in [0.15, 0.2) is 0 Å². The summed E-state index contributed by atoms with van der Waals surface area (Å²) in [6.07, 6.45) is 6.79. The molecule has 0 aromatic carbocycles. The van der Waals surface area contributed by atoms with Crippen molar-refractivity contribution in [3.05, 3.63) is 0 Å². The van der Waals surface area contributed by atoms with Crippen molar-refractivity contribution in [3.8, 4) is 36.0 Å². The smallest absolute Gasteiger partial charge is 0.0649 e. The highest BCUT2D eigenvalue weighted by molar-refractivity contribution is 5.33. The predicted molar refractivity (Wildman–Crippen MR) is 49.9 cm³/mol. The van der Waals surface area contributed by atoms with Gasteiger partial charge >= 0.3 is 0 Å². The van der Waals surface area contributed by atoms with E-state index in [-0.39, 0.29) is 6.10 Å². The molecule has 0 saturated heterocycles. The van der Waals surface area contributed by atoms with Gasteiger partial charge < -0.3 is 5.11 Å². The van der Waals surface area contributed by atoms with Crippen LogP contribution in [0.3, 0.4) is 0 Å². The van der Waals surface area contributed by atoms with Crippen LogP contribution in [0.25, 0.3) is 0 Å². The molecular formula is C11H12O. The third-order valence-corrected chi connectivity index (χ3v) is 1.25. The van der Waals surface area contributed by atoms with Crippen molar-refractivity contribution in [2.24, 2.45) is 0 Å². The molecule has 0 aromatic rings. The molecule has 0 unspecified atom stereocenters. The van der Waals surface area contributed by atoms with Gasteiger partial charge in [-0.25, -0.2) is 0 Å². The molecule has 1 atom stereocenters. The summed E-state index contributed by atoms with van der Waals surface area (Å²) in [6, 6.07) is 0. The van der Waals surface area contributed by atoms with Crippen LogP contribution in [-0.2, 0) is 0 Å². The molecule has 0 heterocycles. The van der Waals surface area contributed by atoms with Gasteiger partial charge in [0.1, 0.15) is 0 Å². The van der Waals surface area contributed by atoms with Gasteiger partial charge in [0.2, 0.25) is 0 Å². The van der Waals surface area contributed by atoms with E-state index >= 15 is 0 Å². The average Bonchev–Trinajstić information content (AvgIpc) is 2.05. The molecule has 1 N–H and O–H groups in total. The van der Waals surface area contributed by atoms with Gasteiger partial charge in [-0.05, 0) is 30.1 Å². The molecular weight excluding hydrogens is 148 g/mol. The Kier molecular flexibility index (Phi) is 6.87. The van der Waals surface area contributed by atoms with Crippen molar-refractivity contribution in [2.45, 2.75) is 32.3 Å². The van der Waals surface area contributed by atoms with Crippen molar-refractivity contribution >= 4 is 0 Å². The summed E-state index contributed by atoms with van der Waals surface area (Å²) in [6.45, 7) is 2.02. The first-order chi connectivity index (χ1) is 5.81. The van der Waals surface area contributed by atoms with Gasteiger partial charge in [0.05, 0.1) is 6.10 Å². The quantitative estimate of drug-likeness (QED) is 0.615. The van der Waals surface area contributed by atoms with Crippen LogP contribution in [0.2, 0.25) is 0 Å². The molecule has 0 aliphatic heterocycles. The predicted octanol–water partition coefficient (Wildman–Crippen LogP) is 1.18. The minimum absolute atomic E-state index is 0.324. The Labute approximate surface area is 74.2 Å². The van der Waals surface area contributed by atoms with Crippen molar-refractivity contribution in [3.63, 3.8) is 0 Å². The Balaban J connectivity index is 3.65. The standard InChI is InChI=1S/C11H12O/c1-3-5-6-7-8-10-11(12)9-4-2/h1,11-12H,4,9-10H2,2H3/t11-/m0/s1. The zero-order valence-electron chi connectivity index (χ0n) is 7.22. The minimum atomic E-state index is -0.324.